The van der Waals surface area contributed by atoms with Gasteiger partial charge >= 0.3 is 0 Å². The topological polar surface area (TPSA) is 46.1 Å². The van der Waals surface area contributed by atoms with Crippen molar-refractivity contribution in [3.8, 4) is 0 Å². The van der Waals surface area contributed by atoms with E-state index < -0.39 is 0 Å². The molecule has 0 N–H and O–H groups in total. The van der Waals surface area contributed by atoms with Crippen molar-refractivity contribution in [3.63, 3.8) is 0 Å². The van der Waals surface area contributed by atoms with E-state index in [2.05, 4.69) is 9.97 Å². The van der Waals surface area contributed by atoms with E-state index in [0.717, 1.165) is 27.8 Å². The second-order valence-corrected chi connectivity index (χ2v) is 5.58. The molecule has 0 bridgehead atoms. The zero-order valence-electron chi connectivity index (χ0n) is 13.6. The van der Waals surface area contributed by atoms with Crippen LogP contribution in [0.25, 0.3) is 10.9 Å². The number of carbonyl (C=O) groups is 1. The normalized spacial score (nSPS) is 10.7. The van der Waals surface area contributed by atoms with E-state index in [0.29, 0.717) is 12.1 Å². The number of hydrogen-bond acceptors (Lipinski definition) is 3. The summed E-state index contributed by atoms with van der Waals surface area (Å²) in [7, 11) is 0. The average molecular weight is 305 g/mol. The summed E-state index contributed by atoms with van der Waals surface area (Å²) >= 11 is 0. The molecule has 116 valence electrons. The van der Waals surface area contributed by atoms with Crippen LogP contribution in [-0.2, 0) is 0 Å². The average Bonchev–Trinajstić information content (AvgIpc) is 2.55. The van der Waals surface area contributed by atoms with Crippen LogP contribution in [0.3, 0.4) is 0 Å². The number of pyridine rings is 2. The molecule has 0 aliphatic heterocycles. The summed E-state index contributed by atoms with van der Waals surface area (Å²) in [6.07, 6.45) is 3.45. The molecule has 3 rings (SSSR count). The van der Waals surface area contributed by atoms with Crippen LogP contribution in [-0.4, -0.2) is 22.4 Å². The fraction of sp³-hybridized carbons (Fsp3) is 0.211. The van der Waals surface area contributed by atoms with Gasteiger partial charge in [-0.15, -0.1) is 0 Å². The van der Waals surface area contributed by atoms with Crippen molar-refractivity contribution in [2.75, 3.05) is 11.4 Å². The molecule has 3 aromatic rings. The molecule has 1 amide bonds. The molecule has 0 aliphatic carbocycles. The lowest BCUT2D eigenvalue weighted by molar-refractivity contribution is 0.0987. The highest BCUT2D eigenvalue weighted by molar-refractivity contribution is 6.08. The Labute approximate surface area is 135 Å². The standard InChI is InChI=1S/C19H19N3O/c1-4-22(16-7-5-6-13(2)10-16)19(23)17-11-15-12-20-9-8-18(15)21-14(17)3/h5-12H,4H2,1-3H3. The Morgan fingerprint density at radius 1 is 1.17 bits per heavy atom. The molecule has 1 aromatic carbocycles. The van der Waals surface area contributed by atoms with Gasteiger partial charge in [-0.3, -0.25) is 14.8 Å². The van der Waals surface area contributed by atoms with Crippen LogP contribution in [0, 0.1) is 13.8 Å². The molecule has 4 heteroatoms. The highest BCUT2D eigenvalue weighted by Gasteiger charge is 2.19. The van der Waals surface area contributed by atoms with E-state index in [-0.39, 0.29) is 5.91 Å². The number of carbonyl (C=O) groups excluding carboxylic acids is 1. The predicted molar refractivity (Wildman–Crippen MR) is 92.8 cm³/mol. The second kappa shape index (κ2) is 6.16. The minimum absolute atomic E-state index is 0.0335. The second-order valence-electron chi connectivity index (χ2n) is 5.58. The van der Waals surface area contributed by atoms with Gasteiger partial charge < -0.3 is 4.90 Å². The number of aromatic nitrogens is 2. The summed E-state index contributed by atoms with van der Waals surface area (Å²) in [6.45, 7) is 6.48. The largest absolute Gasteiger partial charge is 0.309 e. The molecular weight excluding hydrogens is 286 g/mol. The van der Waals surface area contributed by atoms with Crippen LogP contribution < -0.4 is 4.90 Å². The van der Waals surface area contributed by atoms with Crippen molar-refractivity contribution in [2.45, 2.75) is 20.8 Å². The molecule has 0 saturated carbocycles. The number of benzene rings is 1. The van der Waals surface area contributed by atoms with Crippen LogP contribution in [0.4, 0.5) is 5.69 Å². The zero-order chi connectivity index (χ0) is 16.4. The van der Waals surface area contributed by atoms with E-state index in [9.17, 15) is 4.79 Å². The predicted octanol–water partition coefficient (Wildman–Crippen LogP) is 3.91. The maximum absolute atomic E-state index is 13.0. The van der Waals surface area contributed by atoms with Gasteiger partial charge in [0.15, 0.2) is 0 Å². The lowest BCUT2D eigenvalue weighted by atomic mass is 10.1. The van der Waals surface area contributed by atoms with Gasteiger partial charge in [-0.25, -0.2) is 0 Å². The molecular formula is C19H19N3O. The first-order valence-electron chi connectivity index (χ1n) is 7.70. The minimum Gasteiger partial charge on any atom is -0.309 e. The van der Waals surface area contributed by atoms with Crippen molar-refractivity contribution in [1.29, 1.82) is 0 Å². The summed E-state index contributed by atoms with van der Waals surface area (Å²) in [5.41, 5.74) is 4.25. The number of nitrogens with zero attached hydrogens (tertiary/aromatic N) is 3. The van der Waals surface area contributed by atoms with Gasteiger partial charge in [0.05, 0.1) is 16.8 Å². The molecule has 0 atom stereocenters. The molecule has 2 heterocycles. The van der Waals surface area contributed by atoms with E-state index in [1.54, 1.807) is 17.3 Å². The van der Waals surface area contributed by atoms with Gasteiger partial charge in [0, 0.05) is 30.0 Å². The first-order valence-corrected chi connectivity index (χ1v) is 7.70. The maximum atomic E-state index is 13.0. The fourth-order valence-corrected chi connectivity index (χ4v) is 2.71. The summed E-state index contributed by atoms with van der Waals surface area (Å²) < 4.78 is 0. The lowest BCUT2D eigenvalue weighted by Crippen LogP contribution is -2.31. The van der Waals surface area contributed by atoms with E-state index >= 15 is 0 Å². The highest BCUT2D eigenvalue weighted by Crippen LogP contribution is 2.22. The Morgan fingerprint density at radius 2 is 2.00 bits per heavy atom. The summed E-state index contributed by atoms with van der Waals surface area (Å²) in [5.74, 6) is -0.0335. The SMILES string of the molecule is CCN(C(=O)c1cc2cnccc2nc1C)c1cccc(C)c1. The minimum atomic E-state index is -0.0335. The third-order valence-corrected chi connectivity index (χ3v) is 3.91. The van der Waals surface area contributed by atoms with Gasteiger partial charge in [0.1, 0.15) is 0 Å². The van der Waals surface area contributed by atoms with E-state index in [1.807, 2.05) is 57.2 Å². The number of aryl methyl sites for hydroxylation is 2. The van der Waals surface area contributed by atoms with Crippen molar-refractivity contribution in [2.24, 2.45) is 0 Å². The molecule has 0 saturated heterocycles. The Morgan fingerprint density at radius 3 is 2.74 bits per heavy atom. The van der Waals surface area contributed by atoms with Crippen molar-refractivity contribution >= 4 is 22.5 Å². The highest BCUT2D eigenvalue weighted by atomic mass is 16.2. The summed E-state index contributed by atoms with van der Waals surface area (Å²) in [5, 5.41) is 0.877. The van der Waals surface area contributed by atoms with E-state index in [1.165, 1.54) is 0 Å². The Hall–Kier alpha value is -2.75. The quantitative estimate of drug-likeness (QED) is 0.737. The zero-order valence-corrected chi connectivity index (χ0v) is 13.6. The van der Waals surface area contributed by atoms with Crippen molar-refractivity contribution in [1.82, 2.24) is 9.97 Å². The van der Waals surface area contributed by atoms with Crippen molar-refractivity contribution < 1.29 is 4.79 Å². The summed E-state index contributed by atoms with van der Waals surface area (Å²) in [6, 6.07) is 11.7. The molecule has 0 unspecified atom stereocenters. The van der Waals surface area contributed by atoms with Gasteiger partial charge in [-0.2, -0.15) is 0 Å². The number of hydrogen-bond donors (Lipinski definition) is 0. The van der Waals surface area contributed by atoms with Crippen LogP contribution in [0.2, 0.25) is 0 Å². The number of fused-ring (bicyclic) bond motifs is 1. The third-order valence-electron chi connectivity index (χ3n) is 3.91. The van der Waals surface area contributed by atoms with Gasteiger partial charge in [0.2, 0.25) is 0 Å². The van der Waals surface area contributed by atoms with Crippen LogP contribution in [0.15, 0.2) is 48.8 Å². The monoisotopic (exact) mass is 305 g/mol. The Balaban J connectivity index is 2.06. The van der Waals surface area contributed by atoms with Crippen molar-refractivity contribution in [3.05, 3.63) is 65.6 Å². The number of anilines is 1. The molecule has 4 nitrogen and oxygen atoms in total. The smallest absolute Gasteiger partial charge is 0.260 e. The number of rotatable bonds is 3. The molecule has 2 aromatic heterocycles. The van der Waals surface area contributed by atoms with Gasteiger partial charge in [-0.1, -0.05) is 12.1 Å². The van der Waals surface area contributed by atoms with Gasteiger partial charge in [-0.05, 0) is 50.6 Å². The maximum Gasteiger partial charge on any atom is 0.260 e. The Bertz CT molecular complexity index is 873. The van der Waals surface area contributed by atoms with Crippen LogP contribution in [0.5, 0.6) is 0 Å². The van der Waals surface area contributed by atoms with E-state index in [4.69, 9.17) is 0 Å². The first kappa shape index (κ1) is 15.2. The molecule has 0 fully saturated rings. The first-order chi connectivity index (χ1) is 11.1. The molecule has 23 heavy (non-hydrogen) atoms. The van der Waals surface area contributed by atoms with Gasteiger partial charge in [0.25, 0.3) is 5.91 Å². The molecule has 0 radical (unpaired) electrons. The fourth-order valence-electron chi connectivity index (χ4n) is 2.71. The van der Waals surface area contributed by atoms with Crippen LogP contribution in [0.1, 0.15) is 28.5 Å². The Kier molecular flexibility index (Phi) is 4.06. The van der Waals surface area contributed by atoms with Crippen LogP contribution >= 0.6 is 0 Å². The third kappa shape index (κ3) is 2.93. The molecule has 0 aliphatic rings. The lowest BCUT2D eigenvalue weighted by Gasteiger charge is -2.22. The molecule has 0 spiro atoms. The summed E-state index contributed by atoms with van der Waals surface area (Å²) in [4.78, 5) is 23.4. The number of amides is 1.